The summed E-state index contributed by atoms with van der Waals surface area (Å²) >= 11 is 0. The number of carbonyl (C=O) groups excluding carboxylic acids is 1. The van der Waals surface area contributed by atoms with Gasteiger partial charge >= 0.3 is 0 Å². The molecule has 0 saturated carbocycles. The quantitative estimate of drug-likeness (QED) is 0.909. The predicted octanol–water partition coefficient (Wildman–Crippen LogP) is 1.77. The van der Waals surface area contributed by atoms with Crippen molar-refractivity contribution in [2.45, 2.75) is 55.6 Å². The molecule has 2 saturated heterocycles. The van der Waals surface area contributed by atoms with Gasteiger partial charge in [-0.05, 0) is 49.8 Å². The van der Waals surface area contributed by atoms with Gasteiger partial charge in [-0.3, -0.25) is 4.79 Å². The maximum Gasteiger partial charge on any atom is 0.224 e. The van der Waals surface area contributed by atoms with Gasteiger partial charge in [0.05, 0.1) is 24.0 Å². The molecule has 2 aliphatic rings. The summed E-state index contributed by atoms with van der Waals surface area (Å²) in [4.78, 5) is 12.3. The minimum atomic E-state index is -2.94. The number of rotatable bonds is 4. The second-order valence-electron chi connectivity index (χ2n) is 6.63. The number of fused-ring (bicyclic) bond motifs is 2. The molecule has 2 bridgehead atoms. The van der Waals surface area contributed by atoms with Crippen LogP contribution in [0.4, 0.5) is 0 Å². The van der Waals surface area contributed by atoms with Crippen LogP contribution in [-0.4, -0.2) is 38.0 Å². The van der Waals surface area contributed by atoms with Crippen LogP contribution < -0.4 is 10.1 Å². The van der Waals surface area contributed by atoms with Crippen LogP contribution in [0.1, 0.15) is 36.8 Å². The zero-order valence-electron chi connectivity index (χ0n) is 13.5. The Bertz CT molecular complexity index is 693. The Balaban J connectivity index is 1.60. The van der Waals surface area contributed by atoms with Gasteiger partial charge < -0.3 is 10.1 Å². The van der Waals surface area contributed by atoms with Crippen LogP contribution in [0.3, 0.4) is 0 Å². The number of methoxy groups -OCH3 is 1. The average Bonchev–Trinajstić information content (AvgIpc) is 2.67. The Hall–Kier alpha value is -1.56. The minimum absolute atomic E-state index is 0.0177. The van der Waals surface area contributed by atoms with Crippen LogP contribution in [0, 0.1) is 6.92 Å². The fourth-order valence-corrected chi connectivity index (χ4v) is 6.24. The Morgan fingerprint density at radius 3 is 2.52 bits per heavy atom. The van der Waals surface area contributed by atoms with Crippen molar-refractivity contribution in [3.05, 3.63) is 29.3 Å². The summed E-state index contributed by atoms with van der Waals surface area (Å²) in [6.07, 6.45) is 2.89. The van der Waals surface area contributed by atoms with Crippen LogP contribution in [0.15, 0.2) is 18.2 Å². The van der Waals surface area contributed by atoms with Gasteiger partial charge in [0.15, 0.2) is 9.84 Å². The summed E-state index contributed by atoms with van der Waals surface area (Å²) in [7, 11) is -1.32. The molecule has 0 radical (unpaired) electrons. The molecule has 23 heavy (non-hydrogen) atoms. The zero-order chi connectivity index (χ0) is 16.6. The normalized spacial score (nSPS) is 28.3. The Kier molecular flexibility index (Phi) is 4.36. The van der Waals surface area contributed by atoms with Crippen LogP contribution in [0.25, 0.3) is 0 Å². The van der Waals surface area contributed by atoms with E-state index in [4.69, 9.17) is 4.74 Å². The van der Waals surface area contributed by atoms with E-state index in [1.807, 2.05) is 25.1 Å². The average molecular weight is 337 g/mol. The lowest BCUT2D eigenvalue weighted by atomic mass is 10.1. The first-order valence-electron chi connectivity index (χ1n) is 8.05. The van der Waals surface area contributed by atoms with Gasteiger partial charge in [0.2, 0.25) is 5.91 Å². The lowest BCUT2D eigenvalue weighted by Gasteiger charge is -2.28. The third kappa shape index (κ3) is 3.22. The number of hydrogen-bond donors (Lipinski definition) is 1. The topological polar surface area (TPSA) is 72.5 Å². The van der Waals surface area contributed by atoms with Gasteiger partial charge in [-0.2, -0.15) is 0 Å². The highest BCUT2D eigenvalue weighted by Crippen LogP contribution is 2.38. The molecule has 1 aromatic rings. The molecule has 1 aromatic carbocycles. The highest BCUT2D eigenvalue weighted by atomic mass is 32.2. The fourth-order valence-electron chi connectivity index (χ4n) is 3.76. The first-order valence-corrected chi connectivity index (χ1v) is 9.66. The van der Waals surface area contributed by atoms with Gasteiger partial charge in [0, 0.05) is 6.04 Å². The smallest absolute Gasteiger partial charge is 0.224 e. The van der Waals surface area contributed by atoms with Gasteiger partial charge in [0.1, 0.15) is 5.75 Å². The summed E-state index contributed by atoms with van der Waals surface area (Å²) in [5.41, 5.74) is 1.93. The van der Waals surface area contributed by atoms with E-state index in [9.17, 15) is 13.2 Å². The minimum Gasteiger partial charge on any atom is -0.496 e. The predicted molar refractivity (Wildman–Crippen MR) is 88.3 cm³/mol. The molecule has 126 valence electrons. The summed E-state index contributed by atoms with van der Waals surface area (Å²) in [5, 5.41) is 2.50. The molecule has 0 aromatic heterocycles. The van der Waals surface area contributed by atoms with Crippen molar-refractivity contribution in [2.24, 2.45) is 0 Å². The standard InChI is InChI=1S/C17H23NO4S/c1-11-3-4-12(7-16(11)22-2)8-17(19)18-13-9-14-5-6-15(10-13)23(14,20)21/h3-4,7,13-15H,5-6,8-10H2,1-2H3,(H,18,19). The summed E-state index contributed by atoms with van der Waals surface area (Å²) in [6, 6.07) is 5.72. The van der Waals surface area contributed by atoms with Crippen molar-refractivity contribution in [2.75, 3.05) is 7.11 Å². The van der Waals surface area contributed by atoms with Crippen molar-refractivity contribution >= 4 is 15.7 Å². The highest BCUT2D eigenvalue weighted by molar-refractivity contribution is 7.93. The summed E-state index contributed by atoms with van der Waals surface area (Å²) in [5.74, 6) is 0.719. The number of carbonyl (C=O) groups is 1. The molecule has 2 unspecified atom stereocenters. The first-order chi connectivity index (χ1) is 10.9. The molecule has 2 fully saturated rings. The Morgan fingerprint density at radius 2 is 1.91 bits per heavy atom. The van der Waals surface area contributed by atoms with Crippen molar-refractivity contribution < 1.29 is 17.9 Å². The van der Waals surface area contributed by atoms with E-state index in [2.05, 4.69) is 5.32 Å². The van der Waals surface area contributed by atoms with Gasteiger partial charge in [-0.15, -0.1) is 0 Å². The molecule has 0 aliphatic carbocycles. The molecule has 1 amide bonds. The molecular weight excluding hydrogens is 314 g/mol. The van der Waals surface area contributed by atoms with E-state index in [0.717, 1.165) is 29.7 Å². The number of amides is 1. The monoisotopic (exact) mass is 337 g/mol. The van der Waals surface area contributed by atoms with E-state index in [0.29, 0.717) is 12.8 Å². The van der Waals surface area contributed by atoms with Crippen LogP contribution in [0.2, 0.25) is 0 Å². The van der Waals surface area contributed by atoms with Gasteiger partial charge in [0.25, 0.3) is 0 Å². The SMILES string of the molecule is COc1cc(CC(=O)NC2CC3CCC(C2)S3(=O)=O)ccc1C. The van der Waals surface area contributed by atoms with Crippen LogP contribution in [-0.2, 0) is 21.1 Å². The fraction of sp³-hybridized carbons (Fsp3) is 0.588. The van der Waals surface area contributed by atoms with Crippen molar-refractivity contribution in [1.82, 2.24) is 5.32 Å². The number of benzene rings is 1. The maximum absolute atomic E-state index is 12.3. The molecule has 2 aliphatic heterocycles. The lowest BCUT2D eigenvalue weighted by Crippen LogP contribution is -2.45. The van der Waals surface area contributed by atoms with Crippen LogP contribution >= 0.6 is 0 Å². The summed E-state index contributed by atoms with van der Waals surface area (Å²) < 4.78 is 29.4. The third-order valence-corrected chi connectivity index (χ3v) is 7.75. The molecule has 3 rings (SSSR count). The molecular formula is C17H23NO4S. The van der Waals surface area contributed by atoms with E-state index in [1.54, 1.807) is 7.11 Å². The number of nitrogens with one attached hydrogen (secondary N) is 1. The number of hydrogen-bond acceptors (Lipinski definition) is 4. The zero-order valence-corrected chi connectivity index (χ0v) is 14.4. The number of sulfone groups is 1. The molecule has 6 heteroatoms. The first kappa shape index (κ1) is 16.3. The van der Waals surface area contributed by atoms with Crippen molar-refractivity contribution in [3.63, 3.8) is 0 Å². The summed E-state index contributed by atoms with van der Waals surface area (Å²) in [6.45, 7) is 1.96. The van der Waals surface area contributed by atoms with Crippen molar-refractivity contribution in [1.29, 1.82) is 0 Å². The van der Waals surface area contributed by atoms with Gasteiger partial charge in [-0.1, -0.05) is 12.1 Å². The molecule has 0 spiro atoms. The van der Waals surface area contributed by atoms with E-state index in [-0.39, 0.29) is 28.9 Å². The Labute approximate surface area is 137 Å². The van der Waals surface area contributed by atoms with E-state index >= 15 is 0 Å². The van der Waals surface area contributed by atoms with Gasteiger partial charge in [-0.25, -0.2) is 8.42 Å². The van der Waals surface area contributed by atoms with Crippen molar-refractivity contribution in [3.8, 4) is 5.75 Å². The molecule has 1 N–H and O–H groups in total. The Morgan fingerprint density at radius 1 is 1.26 bits per heavy atom. The van der Waals surface area contributed by atoms with E-state index in [1.165, 1.54) is 0 Å². The maximum atomic E-state index is 12.3. The molecule has 2 atom stereocenters. The second-order valence-corrected chi connectivity index (χ2v) is 9.14. The number of ether oxygens (including phenoxy) is 1. The van der Waals surface area contributed by atoms with E-state index < -0.39 is 9.84 Å². The highest BCUT2D eigenvalue weighted by Gasteiger charge is 2.47. The number of aryl methyl sites for hydroxylation is 1. The molecule has 5 nitrogen and oxygen atoms in total. The van der Waals surface area contributed by atoms with Crippen LogP contribution in [0.5, 0.6) is 5.75 Å². The second kappa shape index (κ2) is 6.15. The largest absolute Gasteiger partial charge is 0.496 e. The lowest BCUT2D eigenvalue weighted by molar-refractivity contribution is -0.121. The molecule has 2 heterocycles. The third-order valence-electron chi connectivity index (χ3n) is 5.04.